The minimum absolute atomic E-state index is 0.617. The molecule has 0 saturated carbocycles. The van der Waals surface area contributed by atoms with Crippen molar-refractivity contribution in [3.05, 3.63) is 0 Å². The van der Waals surface area contributed by atoms with Crippen molar-refractivity contribution in [1.82, 2.24) is 10.2 Å². The third kappa shape index (κ3) is 6.77. The molecule has 0 saturated heterocycles. The Bertz CT molecular complexity index is 164. The van der Waals surface area contributed by atoms with Crippen molar-refractivity contribution in [2.45, 2.75) is 58.7 Å². The first kappa shape index (κ1) is 16.3. The predicted octanol–water partition coefficient (Wildman–Crippen LogP) is 2.84. The van der Waals surface area contributed by atoms with Gasteiger partial charge in [-0.25, -0.2) is 0 Å². The van der Waals surface area contributed by atoms with E-state index in [9.17, 15) is 0 Å². The number of rotatable bonds is 9. The van der Waals surface area contributed by atoms with E-state index < -0.39 is 0 Å². The second kappa shape index (κ2) is 9.32. The van der Waals surface area contributed by atoms with Gasteiger partial charge in [-0.1, -0.05) is 6.92 Å². The second-order valence-corrected chi connectivity index (χ2v) is 5.85. The number of likely N-dealkylation sites (N-methyl/N-ethyl adjacent to an activating group) is 1. The molecular weight excluding hydrogens is 216 g/mol. The zero-order chi connectivity index (χ0) is 12.6. The predicted molar refractivity (Wildman–Crippen MR) is 77.4 cm³/mol. The van der Waals surface area contributed by atoms with E-state index in [-0.39, 0.29) is 0 Å². The van der Waals surface area contributed by atoms with Crippen LogP contribution in [0.25, 0.3) is 0 Å². The molecular formula is C13H30N2S. The summed E-state index contributed by atoms with van der Waals surface area (Å²) in [7, 11) is 2.24. The summed E-state index contributed by atoms with van der Waals surface area (Å²) in [5.41, 5.74) is 0. The van der Waals surface area contributed by atoms with Crippen LogP contribution in [-0.2, 0) is 0 Å². The van der Waals surface area contributed by atoms with Gasteiger partial charge in [-0.05, 0) is 52.7 Å². The molecule has 0 bridgehead atoms. The Morgan fingerprint density at radius 1 is 1.19 bits per heavy atom. The van der Waals surface area contributed by atoms with Gasteiger partial charge in [0.15, 0.2) is 0 Å². The molecule has 0 heterocycles. The van der Waals surface area contributed by atoms with Gasteiger partial charge in [0.2, 0.25) is 0 Å². The van der Waals surface area contributed by atoms with Crippen LogP contribution < -0.4 is 5.32 Å². The van der Waals surface area contributed by atoms with Gasteiger partial charge in [-0.3, -0.25) is 4.90 Å². The molecule has 1 N–H and O–H groups in total. The van der Waals surface area contributed by atoms with Crippen molar-refractivity contribution in [1.29, 1.82) is 0 Å². The van der Waals surface area contributed by atoms with Crippen molar-refractivity contribution in [3.63, 3.8) is 0 Å². The number of nitrogens with one attached hydrogen (secondary N) is 1. The molecule has 0 aliphatic heterocycles. The topological polar surface area (TPSA) is 15.3 Å². The fourth-order valence-electron chi connectivity index (χ4n) is 1.59. The molecule has 3 unspecified atom stereocenters. The van der Waals surface area contributed by atoms with Crippen LogP contribution in [0.15, 0.2) is 0 Å². The molecule has 0 aromatic rings. The van der Waals surface area contributed by atoms with Crippen molar-refractivity contribution in [2.24, 2.45) is 0 Å². The molecule has 0 amide bonds. The average molecular weight is 246 g/mol. The third-order valence-electron chi connectivity index (χ3n) is 3.50. The molecule has 3 atom stereocenters. The maximum absolute atomic E-state index is 3.58. The summed E-state index contributed by atoms with van der Waals surface area (Å²) >= 11 is 1.94. The Labute approximate surface area is 107 Å². The highest BCUT2D eigenvalue weighted by molar-refractivity contribution is 7.98. The van der Waals surface area contributed by atoms with E-state index in [1.54, 1.807) is 0 Å². The zero-order valence-electron chi connectivity index (χ0n) is 11.9. The smallest absolute Gasteiger partial charge is 0.0192 e. The monoisotopic (exact) mass is 246 g/mol. The summed E-state index contributed by atoms with van der Waals surface area (Å²) in [4.78, 5) is 2.49. The maximum Gasteiger partial charge on any atom is 0.0192 e. The van der Waals surface area contributed by atoms with Crippen LogP contribution >= 0.6 is 11.8 Å². The first-order valence-corrected chi connectivity index (χ1v) is 7.86. The number of hydrogen-bond donors (Lipinski definition) is 1. The van der Waals surface area contributed by atoms with E-state index in [2.05, 4.69) is 51.2 Å². The first-order valence-electron chi connectivity index (χ1n) is 6.47. The van der Waals surface area contributed by atoms with Gasteiger partial charge in [0.05, 0.1) is 0 Å². The lowest BCUT2D eigenvalue weighted by molar-refractivity contribution is 0.185. The molecule has 0 aliphatic carbocycles. The van der Waals surface area contributed by atoms with Crippen LogP contribution in [0.4, 0.5) is 0 Å². The van der Waals surface area contributed by atoms with Crippen LogP contribution in [0.1, 0.15) is 40.5 Å². The van der Waals surface area contributed by atoms with E-state index >= 15 is 0 Å². The molecule has 0 aromatic heterocycles. The zero-order valence-corrected chi connectivity index (χ0v) is 12.7. The Hall–Kier alpha value is 0.270. The number of nitrogens with zero attached hydrogens (tertiary/aromatic N) is 1. The minimum atomic E-state index is 0.617. The fraction of sp³-hybridized carbons (Fsp3) is 1.00. The molecule has 0 spiro atoms. The van der Waals surface area contributed by atoms with Gasteiger partial charge in [-0.2, -0.15) is 11.8 Å². The normalized spacial score (nSPS) is 17.4. The van der Waals surface area contributed by atoms with E-state index in [4.69, 9.17) is 0 Å². The van der Waals surface area contributed by atoms with Gasteiger partial charge in [-0.15, -0.1) is 0 Å². The van der Waals surface area contributed by atoms with E-state index in [1.807, 2.05) is 11.8 Å². The standard InChI is InChI=1S/C13H30N2S/c1-7-11(2)14-10-13(4)15(5)12(3)8-9-16-6/h11-14H,7-10H2,1-6H3. The molecule has 3 heteroatoms. The fourth-order valence-corrected chi connectivity index (χ4v) is 2.16. The Morgan fingerprint density at radius 2 is 1.81 bits per heavy atom. The summed E-state index contributed by atoms with van der Waals surface area (Å²) in [6.45, 7) is 10.2. The highest BCUT2D eigenvalue weighted by Crippen LogP contribution is 2.09. The van der Waals surface area contributed by atoms with Gasteiger partial charge in [0.1, 0.15) is 0 Å². The highest BCUT2D eigenvalue weighted by atomic mass is 32.2. The second-order valence-electron chi connectivity index (χ2n) is 4.86. The maximum atomic E-state index is 3.58. The summed E-state index contributed by atoms with van der Waals surface area (Å²) in [6.07, 6.45) is 4.67. The van der Waals surface area contributed by atoms with Crippen molar-refractivity contribution >= 4 is 11.8 Å². The molecule has 0 aromatic carbocycles. The largest absolute Gasteiger partial charge is 0.313 e. The van der Waals surface area contributed by atoms with Crippen molar-refractivity contribution in [2.75, 3.05) is 25.6 Å². The average Bonchev–Trinajstić information content (AvgIpc) is 2.31. The van der Waals surface area contributed by atoms with Crippen molar-refractivity contribution < 1.29 is 0 Å². The molecule has 0 aliphatic rings. The quantitative estimate of drug-likeness (QED) is 0.673. The van der Waals surface area contributed by atoms with Crippen LogP contribution in [0.5, 0.6) is 0 Å². The van der Waals surface area contributed by atoms with E-state index in [0.717, 1.165) is 6.54 Å². The van der Waals surface area contributed by atoms with Gasteiger partial charge >= 0.3 is 0 Å². The highest BCUT2D eigenvalue weighted by Gasteiger charge is 2.15. The lowest BCUT2D eigenvalue weighted by Crippen LogP contribution is -2.44. The van der Waals surface area contributed by atoms with Crippen LogP contribution in [0.2, 0.25) is 0 Å². The molecule has 0 radical (unpaired) electrons. The lowest BCUT2D eigenvalue weighted by atomic mass is 10.1. The molecule has 0 rings (SSSR count). The van der Waals surface area contributed by atoms with Gasteiger partial charge in [0, 0.05) is 24.7 Å². The molecule has 98 valence electrons. The third-order valence-corrected chi connectivity index (χ3v) is 4.15. The van der Waals surface area contributed by atoms with E-state index in [0.29, 0.717) is 18.1 Å². The van der Waals surface area contributed by atoms with Gasteiger partial charge in [0.25, 0.3) is 0 Å². The number of hydrogen-bond acceptors (Lipinski definition) is 3. The Balaban J connectivity index is 3.82. The van der Waals surface area contributed by atoms with Crippen molar-refractivity contribution in [3.8, 4) is 0 Å². The Kier molecular flexibility index (Phi) is 9.47. The molecule has 16 heavy (non-hydrogen) atoms. The van der Waals surface area contributed by atoms with Crippen LogP contribution in [0.3, 0.4) is 0 Å². The summed E-state index contributed by atoms with van der Waals surface area (Å²) in [6, 6.07) is 1.93. The first-order chi connectivity index (χ1) is 7.52. The minimum Gasteiger partial charge on any atom is -0.313 e. The number of thioether (sulfide) groups is 1. The SMILES string of the molecule is CCC(C)NCC(C)N(C)C(C)CCSC. The van der Waals surface area contributed by atoms with Gasteiger partial charge < -0.3 is 5.32 Å². The lowest BCUT2D eigenvalue weighted by Gasteiger charge is -2.31. The van der Waals surface area contributed by atoms with Crippen LogP contribution in [-0.4, -0.2) is 48.6 Å². The molecule has 2 nitrogen and oxygen atoms in total. The summed E-state index contributed by atoms with van der Waals surface area (Å²) in [5, 5.41) is 3.58. The summed E-state index contributed by atoms with van der Waals surface area (Å²) in [5.74, 6) is 1.26. The molecule has 0 fully saturated rings. The van der Waals surface area contributed by atoms with Crippen LogP contribution in [0, 0.1) is 0 Å². The Morgan fingerprint density at radius 3 is 2.31 bits per heavy atom. The van der Waals surface area contributed by atoms with E-state index in [1.165, 1.54) is 18.6 Å². The summed E-state index contributed by atoms with van der Waals surface area (Å²) < 4.78 is 0.